The van der Waals surface area contributed by atoms with Crippen LogP contribution in [0.4, 0.5) is 11.4 Å². The fourth-order valence-electron chi connectivity index (χ4n) is 3.41. The van der Waals surface area contributed by atoms with Gasteiger partial charge in [-0.05, 0) is 37.1 Å². The number of sulfonamides is 1. The molecule has 0 aliphatic carbocycles. The SMILES string of the molecule is CN=C(NCc1ccccc1NS(C)(=O)=O)NC1CCN(c2ccc(C)cc2)C1. The molecule has 1 fully saturated rings. The van der Waals surface area contributed by atoms with Crippen LogP contribution in [-0.2, 0) is 16.6 Å². The van der Waals surface area contributed by atoms with E-state index in [2.05, 4.69) is 56.4 Å². The Kier molecular flexibility index (Phi) is 6.64. The van der Waals surface area contributed by atoms with E-state index in [0.717, 1.165) is 31.3 Å². The molecule has 7 nitrogen and oxygen atoms in total. The molecule has 3 N–H and O–H groups in total. The number of aryl methyl sites for hydroxylation is 1. The monoisotopic (exact) mass is 415 g/mol. The second-order valence-electron chi connectivity index (χ2n) is 7.37. The van der Waals surface area contributed by atoms with Crippen LogP contribution >= 0.6 is 0 Å². The first-order valence-corrected chi connectivity index (χ1v) is 11.6. The molecule has 1 aliphatic heterocycles. The van der Waals surface area contributed by atoms with E-state index in [-0.39, 0.29) is 0 Å². The first-order valence-electron chi connectivity index (χ1n) is 9.68. The van der Waals surface area contributed by atoms with Gasteiger partial charge in [-0.2, -0.15) is 0 Å². The summed E-state index contributed by atoms with van der Waals surface area (Å²) in [6.07, 6.45) is 2.18. The highest BCUT2D eigenvalue weighted by Crippen LogP contribution is 2.21. The van der Waals surface area contributed by atoms with Gasteiger partial charge in [0.15, 0.2) is 5.96 Å². The van der Waals surface area contributed by atoms with Crippen molar-refractivity contribution in [2.45, 2.75) is 25.9 Å². The van der Waals surface area contributed by atoms with E-state index in [1.54, 1.807) is 13.1 Å². The Bertz CT molecular complexity index is 957. The standard InChI is InChI=1S/C21H29N5O2S/c1-16-8-10-19(11-9-16)26-13-12-18(15-26)24-21(22-2)23-14-17-6-4-5-7-20(17)25-29(3,27)28/h4-11,18,25H,12-15H2,1-3H3,(H2,22,23,24). The average molecular weight is 416 g/mol. The molecule has 0 bridgehead atoms. The molecule has 1 aliphatic rings. The molecule has 2 aromatic rings. The number of nitrogens with one attached hydrogen (secondary N) is 3. The zero-order valence-corrected chi connectivity index (χ0v) is 18.0. The van der Waals surface area contributed by atoms with Gasteiger partial charge in [0.05, 0.1) is 11.9 Å². The van der Waals surface area contributed by atoms with E-state index in [9.17, 15) is 8.42 Å². The summed E-state index contributed by atoms with van der Waals surface area (Å²) in [6, 6.07) is 16.2. The van der Waals surface area contributed by atoms with Gasteiger partial charge in [0.2, 0.25) is 10.0 Å². The van der Waals surface area contributed by atoms with Crippen molar-refractivity contribution in [3.63, 3.8) is 0 Å². The lowest BCUT2D eigenvalue weighted by Crippen LogP contribution is -2.44. The molecule has 3 rings (SSSR count). The molecule has 1 unspecified atom stereocenters. The number of rotatable bonds is 6. The van der Waals surface area contributed by atoms with E-state index in [1.165, 1.54) is 11.3 Å². The number of hydrogen-bond acceptors (Lipinski definition) is 4. The number of aliphatic imine (C=N–C) groups is 1. The van der Waals surface area contributed by atoms with Crippen LogP contribution in [-0.4, -0.2) is 46.8 Å². The second kappa shape index (κ2) is 9.17. The summed E-state index contributed by atoms with van der Waals surface area (Å²) in [4.78, 5) is 6.69. The van der Waals surface area contributed by atoms with E-state index < -0.39 is 10.0 Å². The summed E-state index contributed by atoms with van der Waals surface area (Å²) in [5, 5.41) is 6.76. The Morgan fingerprint density at radius 2 is 1.90 bits per heavy atom. The molecule has 0 aromatic heterocycles. The minimum Gasteiger partial charge on any atom is -0.369 e. The van der Waals surface area contributed by atoms with E-state index in [1.807, 2.05) is 18.2 Å². The Hall–Kier alpha value is -2.74. The number of anilines is 2. The van der Waals surface area contributed by atoms with Crippen LogP contribution in [0.5, 0.6) is 0 Å². The Morgan fingerprint density at radius 3 is 2.59 bits per heavy atom. The lowest BCUT2D eigenvalue weighted by atomic mass is 10.2. The molecule has 0 amide bonds. The predicted molar refractivity (Wildman–Crippen MR) is 120 cm³/mol. The summed E-state index contributed by atoms with van der Waals surface area (Å²) in [7, 11) is -1.59. The minimum atomic E-state index is -3.33. The van der Waals surface area contributed by atoms with Crippen LogP contribution in [0.2, 0.25) is 0 Å². The average Bonchev–Trinajstić information content (AvgIpc) is 3.14. The van der Waals surface area contributed by atoms with Crippen LogP contribution < -0.4 is 20.3 Å². The van der Waals surface area contributed by atoms with Gasteiger partial charge >= 0.3 is 0 Å². The summed E-state index contributed by atoms with van der Waals surface area (Å²) >= 11 is 0. The van der Waals surface area contributed by atoms with E-state index in [4.69, 9.17) is 0 Å². The molecule has 29 heavy (non-hydrogen) atoms. The fraction of sp³-hybridized carbons (Fsp3) is 0.381. The van der Waals surface area contributed by atoms with Crippen LogP contribution in [0.1, 0.15) is 17.5 Å². The van der Waals surface area contributed by atoms with Crippen molar-refractivity contribution >= 4 is 27.4 Å². The molecule has 0 spiro atoms. The number of benzene rings is 2. The molecule has 1 atom stereocenters. The molecule has 2 aromatic carbocycles. The maximum absolute atomic E-state index is 11.6. The van der Waals surface area contributed by atoms with Crippen molar-refractivity contribution in [3.05, 3.63) is 59.7 Å². The van der Waals surface area contributed by atoms with Gasteiger partial charge in [0.1, 0.15) is 0 Å². The number of nitrogens with zero attached hydrogens (tertiary/aromatic N) is 2. The van der Waals surface area contributed by atoms with Gasteiger partial charge in [0.25, 0.3) is 0 Å². The third kappa shape index (κ3) is 6.12. The fourth-order valence-corrected chi connectivity index (χ4v) is 4.01. The Balaban J connectivity index is 1.56. The van der Waals surface area contributed by atoms with E-state index >= 15 is 0 Å². The highest BCUT2D eigenvalue weighted by molar-refractivity contribution is 7.92. The summed E-state index contributed by atoms with van der Waals surface area (Å²) in [5.41, 5.74) is 3.93. The lowest BCUT2D eigenvalue weighted by molar-refractivity contribution is 0.606. The van der Waals surface area contributed by atoms with Crippen LogP contribution in [0.25, 0.3) is 0 Å². The smallest absolute Gasteiger partial charge is 0.229 e. The van der Waals surface area contributed by atoms with Crippen molar-refractivity contribution < 1.29 is 8.42 Å². The van der Waals surface area contributed by atoms with Crippen molar-refractivity contribution in [1.82, 2.24) is 10.6 Å². The van der Waals surface area contributed by atoms with Crippen molar-refractivity contribution in [1.29, 1.82) is 0 Å². The third-order valence-corrected chi connectivity index (χ3v) is 5.50. The molecule has 156 valence electrons. The van der Waals surface area contributed by atoms with Crippen molar-refractivity contribution in [3.8, 4) is 0 Å². The predicted octanol–water partition coefficient (Wildman–Crippen LogP) is 2.31. The zero-order chi connectivity index (χ0) is 20.9. The molecular weight excluding hydrogens is 386 g/mol. The van der Waals surface area contributed by atoms with E-state index in [0.29, 0.717) is 24.2 Å². The minimum absolute atomic E-state index is 0.298. The van der Waals surface area contributed by atoms with Crippen molar-refractivity contribution in [2.24, 2.45) is 4.99 Å². The van der Waals surface area contributed by atoms with Crippen LogP contribution in [0, 0.1) is 6.92 Å². The first-order chi connectivity index (χ1) is 13.8. The summed E-state index contributed by atoms with van der Waals surface area (Å²) in [6.45, 7) is 4.47. The second-order valence-corrected chi connectivity index (χ2v) is 9.12. The van der Waals surface area contributed by atoms with Gasteiger partial charge in [-0.1, -0.05) is 35.9 Å². The van der Waals surface area contributed by atoms with Gasteiger partial charge in [0, 0.05) is 38.4 Å². The first kappa shape index (κ1) is 21.0. The summed E-state index contributed by atoms with van der Waals surface area (Å²) < 4.78 is 25.7. The number of guanidine groups is 1. The number of para-hydroxylation sites is 1. The van der Waals surface area contributed by atoms with Gasteiger partial charge < -0.3 is 15.5 Å². The topological polar surface area (TPSA) is 85.8 Å². The maximum atomic E-state index is 11.6. The molecular formula is C21H29N5O2S. The third-order valence-electron chi connectivity index (χ3n) is 4.91. The normalized spacial score (nSPS) is 17.3. The summed E-state index contributed by atoms with van der Waals surface area (Å²) in [5.74, 6) is 0.704. The number of hydrogen-bond donors (Lipinski definition) is 3. The van der Waals surface area contributed by atoms with Crippen LogP contribution in [0.3, 0.4) is 0 Å². The molecule has 8 heteroatoms. The molecule has 0 saturated carbocycles. The maximum Gasteiger partial charge on any atom is 0.229 e. The highest BCUT2D eigenvalue weighted by atomic mass is 32.2. The molecule has 1 saturated heterocycles. The largest absolute Gasteiger partial charge is 0.369 e. The van der Waals surface area contributed by atoms with Gasteiger partial charge in [-0.3, -0.25) is 9.71 Å². The Labute approximate surface area is 173 Å². The zero-order valence-electron chi connectivity index (χ0n) is 17.1. The molecule has 0 radical (unpaired) electrons. The highest BCUT2D eigenvalue weighted by Gasteiger charge is 2.23. The van der Waals surface area contributed by atoms with Gasteiger partial charge in [-0.15, -0.1) is 0 Å². The van der Waals surface area contributed by atoms with Gasteiger partial charge in [-0.25, -0.2) is 8.42 Å². The Morgan fingerprint density at radius 1 is 1.17 bits per heavy atom. The molecule has 1 heterocycles. The van der Waals surface area contributed by atoms with Crippen molar-refractivity contribution in [2.75, 3.05) is 36.0 Å². The lowest BCUT2D eigenvalue weighted by Gasteiger charge is -2.21. The quantitative estimate of drug-likeness (QED) is 0.498. The van der Waals surface area contributed by atoms with Crippen LogP contribution in [0.15, 0.2) is 53.5 Å².